The third-order valence-electron chi connectivity index (χ3n) is 9.61. The maximum Gasteiger partial charge on any atom is 0.303 e. The van der Waals surface area contributed by atoms with Gasteiger partial charge in [0.1, 0.15) is 24.4 Å². The van der Waals surface area contributed by atoms with Crippen molar-refractivity contribution in [1.82, 2.24) is 0 Å². The molecule has 0 amide bonds. The number of carbonyl (C=O) groups excluding carboxylic acids is 4. The number of rotatable bonds is 5. The Balaban J connectivity index is 2.16. The van der Waals surface area contributed by atoms with Crippen LogP contribution in [0.4, 0.5) is 0 Å². The van der Waals surface area contributed by atoms with Gasteiger partial charge in [0.15, 0.2) is 11.7 Å². The van der Waals surface area contributed by atoms with E-state index >= 15 is 0 Å². The summed E-state index contributed by atoms with van der Waals surface area (Å²) >= 11 is 0. The molecule has 2 saturated carbocycles. The second-order valence-corrected chi connectivity index (χ2v) is 12.4. The molecule has 4 aliphatic rings. The largest absolute Gasteiger partial charge is 0.462 e. The first-order valence-electron chi connectivity index (χ1n) is 13.5. The molecule has 40 heavy (non-hydrogen) atoms. The molecule has 3 fully saturated rings. The Bertz CT molecular complexity index is 1140. The van der Waals surface area contributed by atoms with Crippen LogP contribution in [0.5, 0.6) is 0 Å². The van der Waals surface area contributed by atoms with Crippen molar-refractivity contribution in [3.8, 4) is 0 Å². The van der Waals surface area contributed by atoms with Gasteiger partial charge in [-0.05, 0) is 38.3 Å². The van der Waals surface area contributed by atoms with Gasteiger partial charge < -0.3 is 39.0 Å². The lowest BCUT2D eigenvalue weighted by Gasteiger charge is -2.65. The van der Waals surface area contributed by atoms with Crippen LogP contribution in [0.1, 0.15) is 68.2 Å². The summed E-state index contributed by atoms with van der Waals surface area (Å²) in [6.45, 7) is 10.8. The zero-order valence-corrected chi connectivity index (χ0v) is 24.2. The SMILES string of the molecule is CC(=O)O[C@@H]1C2=C(C)[C@@H](O)C[C@@]2(C(C)(C)O)[C@@H](OC(C)=O)[C@@H]2[C@]3(OC(C)=O)CO[C@H]3C[C@H](OC(C)=O)[C@@]2(C)[C@H]1O. The van der Waals surface area contributed by atoms with E-state index in [0.717, 1.165) is 6.92 Å². The van der Waals surface area contributed by atoms with Crippen LogP contribution in [0.2, 0.25) is 0 Å². The lowest BCUT2D eigenvalue weighted by atomic mass is 9.49. The lowest BCUT2D eigenvalue weighted by Crippen LogP contribution is -2.79. The molecule has 12 nitrogen and oxygen atoms in total. The summed E-state index contributed by atoms with van der Waals surface area (Å²) in [4.78, 5) is 50.2. The zero-order chi connectivity index (χ0) is 30.2. The van der Waals surface area contributed by atoms with Crippen LogP contribution in [-0.4, -0.2) is 93.6 Å². The average Bonchev–Trinajstić information content (AvgIpc) is 3.03. The molecule has 1 saturated heterocycles. The van der Waals surface area contributed by atoms with Gasteiger partial charge in [-0.15, -0.1) is 0 Å². The Morgan fingerprint density at radius 2 is 1.52 bits per heavy atom. The molecule has 0 aromatic carbocycles. The van der Waals surface area contributed by atoms with E-state index in [4.69, 9.17) is 23.7 Å². The smallest absolute Gasteiger partial charge is 0.303 e. The Morgan fingerprint density at radius 1 is 0.950 bits per heavy atom. The van der Waals surface area contributed by atoms with Crippen LogP contribution >= 0.6 is 0 Å². The van der Waals surface area contributed by atoms with Crippen LogP contribution < -0.4 is 0 Å². The van der Waals surface area contributed by atoms with E-state index in [1.165, 1.54) is 34.6 Å². The molecule has 10 atom stereocenters. The molecule has 0 radical (unpaired) electrons. The van der Waals surface area contributed by atoms with Gasteiger partial charge in [-0.1, -0.05) is 6.92 Å². The first-order chi connectivity index (χ1) is 18.3. The van der Waals surface area contributed by atoms with Crippen molar-refractivity contribution in [2.45, 2.75) is 116 Å². The predicted molar refractivity (Wildman–Crippen MR) is 135 cm³/mol. The fourth-order valence-corrected chi connectivity index (χ4v) is 8.05. The predicted octanol–water partition coefficient (Wildman–Crippen LogP) is 0.721. The van der Waals surface area contributed by atoms with Crippen molar-refractivity contribution in [2.24, 2.45) is 16.7 Å². The molecule has 224 valence electrons. The van der Waals surface area contributed by atoms with Crippen LogP contribution in [0, 0.1) is 16.7 Å². The lowest BCUT2D eigenvalue weighted by molar-refractivity contribution is -0.352. The van der Waals surface area contributed by atoms with Gasteiger partial charge in [-0.25, -0.2) is 0 Å². The van der Waals surface area contributed by atoms with E-state index in [0.29, 0.717) is 5.57 Å². The summed E-state index contributed by atoms with van der Waals surface area (Å²) in [6, 6.07) is 0. The van der Waals surface area contributed by atoms with Gasteiger partial charge in [-0.2, -0.15) is 0 Å². The number of fused-ring (bicyclic) bond motifs is 4. The molecule has 1 aliphatic heterocycles. The fourth-order valence-electron chi connectivity index (χ4n) is 8.05. The number of hydrogen-bond acceptors (Lipinski definition) is 12. The van der Waals surface area contributed by atoms with Crippen molar-refractivity contribution in [2.75, 3.05) is 6.61 Å². The monoisotopic (exact) mass is 568 g/mol. The molecule has 0 aromatic rings. The van der Waals surface area contributed by atoms with E-state index in [-0.39, 0.29) is 25.0 Å². The van der Waals surface area contributed by atoms with E-state index < -0.39 is 88.5 Å². The fraction of sp³-hybridized carbons (Fsp3) is 0.786. The Labute approximate surface area is 232 Å². The average molecular weight is 569 g/mol. The summed E-state index contributed by atoms with van der Waals surface area (Å²) in [7, 11) is 0. The first kappa shape index (κ1) is 30.4. The Kier molecular flexibility index (Phi) is 7.44. The van der Waals surface area contributed by atoms with Gasteiger partial charge >= 0.3 is 23.9 Å². The third kappa shape index (κ3) is 4.17. The number of aliphatic hydroxyl groups excluding tert-OH is 2. The normalized spacial score (nSPS) is 42.3. The molecule has 3 aliphatic carbocycles. The van der Waals surface area contributed by atoms with Gasteiger partial charge in [0.05, 0.1) is 29.6 Å². The number of aliphatic hydroxyl groups is 3. The van der Waals surface area contributed by atoms with Crippen molar-refractivity contribution in [3.63, 3.8) is 0 Å². The number of ether oxygens (including phenoxy) is 5. The maximum atomic E-state index is 12.8. The Morgan fingerprint density at radius 3 is 1.98 bits per heavy atom. The summed E-state index contributed by atoms with van der Waals surface area (Å²) in [5, 5.41) is 35.4. The zero-order valence-electron chi connectivity index (χ0n) is 24.2. The molecule has 0 aromatic heterocycles. The second-order valence-electron chi connectivity index (χ2n) is 12.4. The van der Waals surface area contributed by atoms with Gasteiger partial charge in [0.2, 0.25) is 0 Å². The molecular weight excluding hydrogens is 528 g/mol. The quantitative estimate of drug-likeness (QED) is 0.241. The van der Waals surface area contributed by atoms with Crippen LogP contribution in [-0.2, 0) is 42.9 Å². The highest BCUT2D eigenvalue weighted by atomic mass is 16.6. The van der Waals surface area contributed by atoms with E-state index in [1.54, 1.807) is 13.8 Å². The maximum absolute atomic E-state index is 12.8. The van der Waals surface area contributed by atoms with Crippen molar-refractivity contribution >= 4 is 23.9 Å². The standard InChI is InChI=1S/C28H40O12/c1-12-17(33)10-27(25(6,7)35)20(12)21(38-14(3)30)23(34)26(8)18(37-13(2)29)9-19-28(11-36-19,40-16(5)32)22(26)24(27)39-15(4)31/h17-19,21-24,33-35H,9-11H2,1-8H3/t17-,18-,19-,21+,22-,23-,24-,26+,27-,28-/m0/s1. The van der Waals surface area contributed by atoms with Gasteiger partial charge in [-0.3, -0.25) is 19.2 Å². The number of carbonyl (C=O) groups is 4. The van der Waals surface area contributed by atoms with Crippen molar-refractivity contribution in [1.29, 1.82) is 0 Å². The first-order valence-corrected chi connectivity index (χ1v) is 13.5. The summed E-state index contributed by atoms with van der Waals surface area (Å²) in [5.41, 5.74) is -5.92. The third-order valence-corrected chi connectivity index (χ3v) is 9.61. The Hall–Kier alpha value is -2.54. The number of hydrogen-bond donors (Lipinski definition) is 3. The highest BCUT2D eigenvalue weighted by Gasteiger charge is 2.79. The van der Waals surface area contributed by atoms with Gasteiger partial charge in [0, 0.05) is 39.5 Å². The minimum atomic E-state index is -1.75. The molecular formula is C28H40O12. The van der Waals surface area contributed by atoms with E-state index in [9.17, 15) is 34.5 Å². The molecule has 4 rings (SSSR count). The molecule has 1 heterocycles. The van der Waals surface area contributed by atoms with Crippen LogP contribution in [0.15, 0.2) is 11.1 Å². The van der Waals surface area contributed by atoms with E-state index in [1.807, 2.05) is 0 Å². The summed E-state index contributed by atoms with van der Waals surface area (Å²) < 4.78 is 29.4. The second kappa shape index (κ2) is 9.78. The topological polar surface area (TPSA) is 175 Å². The van der Waals surface area contributed by atoms with Gasteiger partial charge in [0.25, 0.3) is 0 Å². The molecule has 0 spiro atoms. The molecule has 0 bridgehead atoms. The van der Waals surface area contributed by atoms with Crippen molar-refractivity contribution < 1.29 is 58.2 Å². The van der Waals surface area contributed by atoms with Crippen molar-refractivity contribution in [3.05, 3.63) is 11.1 Å². The highest BCUT2D eigenvalue weighted by Crippen LogP contribution is 2.68. The molecule has 0 unspecified atom stereocenters. The van der Waals surface area contributed by atoms with Crippen LogP contribution in [0.3, 0.4) is 0 Å². The van der Waals surface area contributed by atoms with Crippen LogP contribution in [0.25, 0.3) is 0 Å². The highest BCUT2D eigenvalue weighted by molar-refractivity contribution is 5.69. The van der Waals surface area contributed by atoms with E-state index in [2.05, 4.69) is 0 Å². The molecule has 3 N–H and O–H groups in total. The minimum absolute atomic E-state index is 0.0205. The minimum Gasteiger partial charge on any atom is -0.462 e. The summed E-state index contributed by atoms with van der Waals surface area (Å²) in [6.07, 6.45) is -7.61. The summed E-state index contributed by atoms with van der Waals surface area (Å²) in [5.74, 6) is -3.95. The number of esters is 4. The molecule has 12 heteroatoms.